The van der Waals surface area contributed by atoms with Gasteiger partial charge in [0, 0.05) is 43.2 Å². The van der Waals surface area contributed by atoms with Crippen molar-refractivity contribution in [3.05, 3.63) is 59.2 Å². The number of aliphatic hydroxyl groups excluding tert-OH is 1. The van der Waals surface area contributed by atoms with Crippen molar-refractivity contribution in [2.75, 3.05) is 18.5 Å². The molecule has 0 radical (unpaired) electrons. The van der Waals surface area contributed by atoms with E-state index in [1.165, 1.54) is 5.56 Å². The predicted molar refractivity (Wildman–Crippen MR) is 92.4 cm³/mol. The van der Waals surface area contributed by atoms with Crippen molar-refractivity contribution in [1.29, 1.82) is 0 Å². The van der Waals surface area contributed by atoms with Gasteiger partial charge in [-0.2, -0.15) is 11.3 Å². The lowest BCUT2D eigenvalue weighted by molar-refractivity contribution is 0.232. The van der Waals surface area contributed by atoms with Gasteiger partial charge in [-0.15, -0.1) is 0 Å². The molecule has 0 saturated carbocycles. The summed E-state index contributed by atoms with van der Waals surface area (Å²) >= 11 is 1.67. The Balaban J connectivity index is 1.63. The van der Waals surface area contributed by atoms with Gasteiger partial charge in [-0.25, -0.2) is 9.97 Å². The molecule has 0 bridgehead atoms. The molecule has 118 valence electrons. The Labute approximate surface area is 139 Å². The van der Waals surface area contributed by atoms with E-state index in [1.807, 2.05) is 18.2 Å². The molecule has 3 rings (SSSR count). The van der Waals surface area contributed by atoms with E-state index < -0.39 is 0 Å². The molecular formula is C17H18N4OS. The van der Waals surface area contributed by atoms with Crippen LogP contribution in [0.15, 0.2) is 53.6 Å². The largest absolute Gasteiger partial charge is 0.396 e. The summed E-state index contributed by atoms with van der Waals surface area (Å²) < 4.78 is 0. The van der Waals surface area contributed by atoms with Crippen LogP contribution in [-0.2, 0) is 6.42 Å². The van der Waals surface area contributed by atoms with E-state index in [0.29, 0.717) is 12.5 Å². The fraction of sp³-hybridized carbons (Fsp3) is 0.235. The third kappa shape index (κ3) is 4.34. The number of pyridine rings is 1. The maximum atomic E-state index is 9.55. The van der Waals surface area contributed by atoms with Gasteiger partial charge >= 0.3 is 0 Å². The minimum atomic E-state index is 0.130. The monoisotopic (exact) mass is 326 g/mol. The van der Waals surface area contributed by atoms with Gasteiger partial charge in [-0.1, -0.05) is 0 Å². The van der Waals surface area contributed by atoms with Crippen molar-refractivity contribution in [1.82, 2.24) is 15.0 Å². The highest BCUT2D eigenvalue weighted by Gasteiger charge is 2.10. The normalized spacial score (nSPS) is 12.0. The second-order valence-corrected chi connectivity index (χ2v) is 6.05. The van der Waals surface area contributed by atoms with E-state index in [2.05, 4.69) is 37.1 Å². The van der Waals surface area contributed by atoms with Crippen molar-refractivity contribution in [3.63, 3.8) is 0 Å². The molecule has 3 heterocycles. The van der Waals surface area contributed by atoms with Gasteiger partial charge in [0.15, 0.2) is 0 Å². The summed E-state index contributed by atoms with van der Waals surface area (Å²) in [6, 6.07) is 7.79. The standard InChI is InChI=1S/C17H18N4OS/c22-11-14(8-13-4-7-23-12-13)9-20-17-19-6-3-16(21-17)15-2-1-5-18-10-15/h1-7,10,12,14,22H,8-9,11H2,(H,19,20,21)/t14-/m1/s1. The van der Waals surface area contributed by atoms with Crippen LogP contribution in [0.25, 0.3) is 11.3 Å². The van der Waals surface area contributed by atoms with Crippen LogP contribution in [0.3, 0.4) is 0 Å². The Kier molecular flexibility index (Phi) is 5.29. The highest BCUT2D eigenvalue weighted by Crippen LogP contribution is 2.17. The number of rotatable bonds is 7. The molecule has 0 aromatic carbocycles. The van der Waals surface area contributed by atoms with E-state index in [9.17, 15) is 5.11 Å². The highest BCUT2D eigenvalue weighted by molar-refractivity contribution is 7.07. The van der Waals surface area contributed by atoms with Crippen molar-refractivity contribution in [3.8, 4) is 11.3 Å². The van der Waals surface area contributed by atoms with E-state index in [4.69, 9.17) is 0 Å². The molecule has 5 nitrogen and oxygen atoms in total. The van der Waals surface area contributed by atoms with Crippen LogP contribution in [0.4, 0.5) is 5.95 Å². The summed E-state index contributed by atoms with van der Waals surface area (Å²) in [6.07, 6.45) is 6.08. The molecule has 2 N–H and O–H groups in total. The molecule has 6 heteroatoms. The SMILES string of the molecule is OC[C@@H](CNc1nccc(-c2cccnc2)n1)Cc1ccsc1. The van der Waals surface area contributed by atoms with Crippen molar-refractivity contribution < 1.29 is 5.11 Å². The van der Waals surface area contributed by atoms with Crippen LogP contribution in [0.2, 0.25) is 0 Å². The summed E-state index contributed by atoms with van der Waals surface area (Å²) in [5.74, 6) is 0.699. The van der Waals surface area contributed by atoms with Crippen LogP contribution < -0.4 is 5.32 Å². The molecule has 0 amide bonds. The first kappa shape index (κ1) is 15.6. The molecule has 1 atom stereocenters. The molecule has 0 aliphatic rings. The van der Waals surface area contributed by atoms with Gasteiger partial charge in [-0.3, -0.25) is 4.98 Å². The quantitative estimate of drug-likeness (QED) is 0.698. The van der Waals surface area contributed by atoms with Gasteiger partial charge in [0.25, 0.3) is 0 Å². The number of nitrogens with one attached hydrogen (secondary N) is 1. The Morgan fingerprint density at radius 1 is 1.22 bits per heavy atom. The molecule has 0 saturated heterocycles. The number of thiophene rings is 1. The van der Waals surface area contributed by atoms with Gasteiger partial charge in [0.1, 0.15) is 0 Å². The molecule has 3 aromatic rings. The third-order valence-electron chi connectivity index (χ3n) is 3.52. The van der Waals surface area contributed by atoms with Gasteiger partial charge in [0.05, 0.1) is 5.69 Å². The minimum absolute atomic E-state index is 0.130. The fourth-order valence-electron chi connectivity index (χ4n) is 2.30. The van der Waals surface area contributed by atoms with E-state index in [0.717, 1.165) is 17.7 Å². The molecule has 3 aromatic heterocycles. The Morgan fingerprint density at radius 3 is 2.91 bits per heavy atom. The van der Waals surface area contributed by atoms with E-state index in [1.54, 1.807) is 29.9 Å². The summed E-state index contributed by atoms with van der Waals surface area (Å²) in [7, 11) is 0. The molecular weight excluding hydrogens is 308 g/mol. The number of anilines is 1. The molecule has 0 spiro atoms. The summed E-state index contributed by atoms with van der Waals surface area (Å²) in [5.41, 5.74) is 3.03. The van der Waals surface area contributed by atoms with Crippen molar-refractivity contribution in [2.45, 2.75) is 6.42 Å². The second kappa shape index (κ2) is 7.80. The third-order valence-corrected chi connectivity index (χ3v) is 4.26. The number of hydrogen-bond acceptors (Lipinski definition) is 6. The second-order valence-electron chi connectivity index (χ2n) is 5.27. The molecule has 0 unspecified atom stereocenters. The average molecular weight is 326 g/mol. The number of aliphatic hydroxyl groups is 1. The van der Waals surface area contributed by atoms with Crippen LogP contribution in [0.1, 0.15) is 5.56 Å². The first-order valence-electron chi connectivity index (χ1n) is 7.44. The Hall–Kier alpha value is -2.31. The first-order valence-corrected chi connectivity index (χ1v) is 8.38. The zero-order valence-corrected chi connectivity index (χ0v) is 13.4. The average Bonchev–Trinajstić information content (AvgIpc) is 3.13. The zero-order chi connectivity index (χ0) is 15.9. The van der Waals surface area contributed by atoms with Crippen LogP contribution in [0, 0.1) is 5.92 Å². The topological polar surface area (TPSA) is 70.9 Å². The predicted octanol–water partition coefficient (Wildman–Crippen LogP) is 2.86. The van der Waals surface area contributed by atoms with Crippen LogP contribution >= 0.6 is 11.3 Å². The zero-order valence-electron chi connectivity index (χ0n) is 12.6. The van der Waals surface area contributed by atoms with Gasteiger partial charge < -0.3 is 10.4 Å². The fourth-order valence-corrected chi connectivity index (χ4v) is 2.98. The van der Waals surface area contributed by atoms with E-state index in [-0.39, 0.29) is 12.5 Å². The maximum absolute atomic E-state index is 9.55. The smallest absolute Gasteiger partial charge is 0.223 e. The summed E-state index contributed by atoms with van der Waals surface area (Å²) in [6.45, 7) is 0.758. The Morgan fingerprint density at radius 2 is 2.17 bits per heavy atom. The summed E-state index contributed by atoms with van der Waals surface area (Å²) in [5, 5.41) is 16.9. The minimum Gasteiger partial charge on any atom is -0.396 e. The van der Waals surface area contributed by atoms with Crippen LogP contribution in [-0.4, -0.2) is 33.2 Å². The lowest BCUT2D eigenvalue weighted by atomic mass is 10.0. The number of nitrogens with zero attached hydrogens (tertiary/aromatic N) is 3. The van der Waals surface area contributed by atoms with Crippen LogP contribution in [0.5, 0.6) is 0 Å². The molecule has 0 aliphatic heterocycles. The first-order chi connectivity index (χ1) is 11.3. The highest BCUT2D eigenvalue weighted by atomic mass is 32.1. The van der Waals surface area contributed by atoms with Crippen molar-refractivity contribution >= 4 is 17.3 Å². The number of hydrogen-bond donors (Lipinski definition) is 2. The van der Waals surface area contributed by atoms with E-state index >= 15 is 0 Å². The Bertz CT molecular complexity index is 718. The summed E-state index contributed by atoms with van der Waals surface area (Å²) in [4.78, 5) is 12.9. The molecule has 23 heavy (non-hydrogen) atoms. The number of aromatic nitrogens is 3. The van der Waals surface area contributed by atoms with Gasteiger partial charge in [-0.05, 0) is 47.0 Å². The molecule has 0 fully saturated rings. The lowest BCUT2D eigenvalue weighted by Gasteiger charge is -2.14. The van der Waals surface area contributed by atoms with Gasteiger partial charge in [0.2, 0.25) is 5.95 Å². The lowest BCUT2D eigenvalue weighted by Crippen LogP contribution is -2.21. The van der Waals surface area contributed by atoms with Crippen molar-refractivity contribution in [2.24, 2.45) is 5.92 Å². The maximum Gasteiger partial charge on any atom is 0.223 e. The molecule has 0 aliphatic carbocycles.